The Hall–Kier alpha value is -1.70. The number of carboxylic acids is 1. The Morgan fingerprint density at radius 3 is 2.33 bits per heavy atom. The SMILES string of the molecule is Cc1cc(S(=O)(=O)NCc2ccc(C(=O)O)cc2)c(C)s1. The Balaban J connectivity index is 2.11. The van der Waals surface area contributed by atoms with E-state index in [1.807, 2.05) is 6.92 Å². The number of carbonyl (C=O) groups is 1. The minimum atomic E-state index is -3.55. The summed E-state index contributed by atoms with van der Waals surface area (Å²) in [6.07, 6.45) is 0. The Kier molecular flexibility index (Phi) is 4.46. The van der Waals surface area contributed by atoms with E-state index in [1.54, 1.807) is 25.1 Å². The van der Waals surface area contributed by atoms with Gasteiger partial charge in [-0.15, -0.1) is 11.3 Å². The number of nitrogens with one attached hydrogen (secondary N) is 1. The molecule has 0 amide bonds. The van der Waals surface area contributed by atoms with Crippen LogP contribution in [0.15, 0.2) is 35.2 Å². The highest BCUT2D eigenvalue weighted by Crippen LogP contribution is 2.24. The molecule has 112 valence electrons. The molecule has 0 aliphatic carbocycles. The minimum absolute atomic E-state index is 0.122. The normalized spacial score (nSPS) is 11.5. The van der Waals surface area contributed by atoms with E-state index in [1.165, 1.54) is 23.5 Å². The standard InChI is InChI=1S/C14H15NO4S2/c1-9-7-13(10(2)20-9)21(18,19)15-8-11-3-5-12(6-4-11)14(16)17/h3-7,15H,8H2,1-2H3,(H,16,17). The Bertz CT molecular complexity index is 761. The lowest BCUT2D eigenvalue weighted by Gasteiger charge is -2.06. The number of thiophene rings is 1. The molecule has 0 aliphatic heterocycles. The summed E-state index contributed by atoms with van der Waals surface area (Å²) < 4.78 is 27.0. The van der Waals surface area contributed by atoms with Crippen LogP contribution in [-0.4, -0.2) is 19.5 Å². The van der Waals surface area contributed by atoms with E-state index in [-0.39, 0.29) is 12.1 Å². The van der Waals surface area contributed by atoms with E-state index in [0.29, 0.717) is 10.5 Å². The molecule has 0 saturated heterocycles. The van der Waals surface area contributed by atoms with Crippen LogP contribution < -0.4 is 4.72 Å². The van der Waals surface area contributed by atoms with Crippen LogP contribution in [-0.2, 0) is 16.6 Å². The van der Waals surface area contributed by atoms with Gasteiger partial charge < -0.3 is 5.11 Å². The molecule has 0 fully saturated rings. The van der Waals surface area contributed by atoms with Crippen LogP contribution >= 0.6 is 11.3 Å². The summed E-state index contributed by atoms with van der Waals surface area (Å²) >= 11 is 1.44. The largest absolute Gasteiger partial charge is 0.478 e. The maximum atomic E-state index is 12.2. The van der Waals surface area contributed by atoms with Gasteiger partial charge in [-0.3, -0.25) is 0 Å². The second-order valence-corrected chi connectivity index (χ2v) is 7.80. The second kappa shape index (κ2) is 5.97. The number of rotatable bonds is 5. The Labute approximate surface area is 127 Å². The van der Waals surface area contributed by atoms with E-state index < -0.39 is 16.0 Å². The lowest BCUT2D eigenvalue weighted by atomic mass is 10.1. The van der Waals surface area contributed by atoms with Crippen LogP contribution in [0.2, 0.25) is 0 Å². The number of sulfonamides is 1. The molecule has 0 atom stereocenters. The van der Waals surface area contributed by atoms with Crippen LogP contribution in [0.3, 0.4) is 0 Å². The number of aryl methyl sites for hydroxylation is 2. The molecule has 0 aliphatic rings. The van der Waals surface area contributed by atoms with Gasteiger partial charge in [-0.25, -0.2) is 17.9 Å². The molecular formula is C14H15NO4S2. The van der Waals surface area contributed by atoms with Gasteiger partial charge in [0.05, 0.1) is 10.5 Å². The van der Waals surface area contributed by atoms with Gasteiger partial charge in [-0.05, 0) is 37.6 Å². The average Bonchev–Trinajstić information content (AvgIpc) is 2.77. The molecule has 2 N–H and O–H groups in total. The van der Waals surface area contributed by atoms with E-state index in [0.717, 1.165) is 9.75 Å². The first kappa shape index (κ1) is 15.7. The summed E-state index contributed by atoms with van der Waals surface area (Å²) in [5, 5.41) is 8.81. The summed E-state index contributed by atoms with van der Waals surface area (Å²) in [4.78, 5) is 12.7. The molecule has 1 heterocycles. The fourth-order valence-electron chi connectivity index (χ4n) is 1.90. The van der Waals surface area contributed by atoms with Gasteiger partial charge in [0.2, 0.25) is 10.0 Å². The Morgan fingerprint density at radius 2 is 1.86 bits per heavy atom. The predicted octanol–water partition coefficient (Wildman–Crippen LogP) is 2.54. The number of carboxylic acid groups (broad SMARTS) is 1. The first-order chi connectivity index (χ1) is 9.79. The van der Waals surface area contributed by atoms with Crippen molar-refractivity contribution in [1.29, 1.82) is 0 Å². The predicted molar refractivity (Wildman–Crippen MR) is 81.2 cm³/mol. The molecule has 21 heavy (non-hydrogen) atoms. The fourth-order valence-corrected chi connectivity index (χ4v) is 4.47. The number of benzene rings is 1. The molecule has 1 aromatic heterocycles. The summed E-state index contributed by atoms with van der Waals surface area (Å²) in [5.41, 5.74) is 0.874. The van der Waals surface area contributed by atoms with Gasteiger partial charge in [0.1, 0.15) is 0 Å². The topological polar surface area (TPSA) is 83.5 Å². The van der Waals surface area contributed by atoms with Crippen molar-refractivity contribution in [3.63, 3.8) is 0 Å². The zero-order valence-corrected chi connectivity index (χ0v) is 13.2. The van der Waals surface area contributed by atoms with Gasteiger partial charge in [-0.1, -0.05) is 12.1 Å². The fraction of sp³-hybridized carbons (Fsp3) is 0.214. The van der Waals surface area contributed by atoms with Crippen molar-refractivity contribution in [1.82, 2.24) is 4.72 Å². The van der Waals surface area contributed by atoms with Crippen molar-refractivity contribution < 1.29 is 18.3 Å². The van der Waals surface area contributed by atoms with Crippen LogP contribution in [0.25, 0.3) is 0 Å². The lowest BCUT2D eigenvalue weighted by molar-refractivity contribution is 0.0697. The second-order valence-electron chi connectivity index (χ2n) is 4.60. The van der Waals surface area contributed by atoms with Crippen LogP contribution in [0.4, 0.5) is 0 Å². The average molecular weight is 325 g/mol. The quantitative estimate of drug-likeness (QED) is 0.885. The molecule has 7 heteroatoms. The highest BCUT2D eigenvalue weighted by molar-refractivity contribution is 7.89. The van der Waals surface area contributed by atoms with Gasteiger partial charge in [0.25, 0.3) is 0 Å². The van der Waals surface area contributed by atoms with Gasteiger partial charge >= 0.3 is 5.97 Å². The zero-order valence-electron chi connectivity index (χ0n) is 11.6. The van der Waals surface area contributed by atoms with Crippen LogP contribution in [0.5, 0.6) is 0 Å². The minimum Gasteiger partial charge on any atom is -0.478 e. The molecule has 0 saturated carbocycles. The summed E-state index contributed by atoms with van der Waals surface area (Å²) in [5.74, 6) is -1.01. The molecule has 0 bridgehead atoms. The van der Waals surface area contributed by atoms with E-state index >= 15 is 0 Å². The summed E-state index contributed by atoms with van der Waals surface area (Å²) in [6, 6.07) is 7.74. The third kappa shape index (κ3) is 3.69. The van der Waals surface area contributed by atoms with E-state index in [4.69, 9.17) is 5.11 Å². The highest BCUT2D eigenvalue weighted by Gasteiger charge is 2.18. The summed E-state index contributed by atoms with van der Waals surface area (Å²) in [7, 11) is -3.55. The monoisotopic (exact) mass is 325 g/mol. The summed E-state index contributed by atoms with van der Waals surface area (Å²) in [6.45, 7) is 3.76. The van der Waals surface area contributed by atoms with Crippen molar-refractivity contribution in [2.24, 2.45) is 0 Å². The first-order valence-electron chi connectivity index (χ1n) is 6.18. The molecule has 5 nitrogen and oxygen atoms in total. The van der Waals surface area contributed by atoms with Crippen molar-refractivity contribution in [2.75, 3.05) is 0 Å². The molecule has 1 aromatic carbocycles. The van der Waals surface area contributed by atoms with Gasteiger partial charge in [0.15, 0.2) is 0 Å². The number of hydrogen-bond acceptors (Lipinski definition) is 4. The third-order valence-corrected chi connectivity index (χ3v) is 5.57. The smallest absolute Gasteiger partial charge is 0.335 e. The van der Waals surface area contributed by atoms with E-state index in [9.17, 15) is 13.2 Å². The molecular weight excluding hydrogens is 310 g/mol. The highest BCUT2D eigenvalue weighted by atomic mass is 32.2. The molecule has 2 rings (SSSR count). The van der Waals surface area contributed by atoms with Crippen molar-refractivity contribution in [3.05, 3.63) is 51.2 Å². The van der Waals surface area contributed by atoms with Crippen LogP contribution in [0, 0.1) is 13.8 Å². The Morgan fingerprint density at radius 1 is 1.24 bits per heavy atom. The van der Waals surface area contributed by atoms with Crippen molar-refractivity contribution in [2.45, 2.75) is 25.3 Å². The number of aromatic carboxylic acids is 1. The molecule has 0 spiro atoms. The zero-order chi connectivity index (χ0) is 15.6. The van der Waals surface area contributed by atoms with Crippen molar-refractivity contribution >= 4 is 27.3 Å². The molecule has 2 aromatic rings. The van der Waals surface area contributed by atoms with Crippen LogP contribution in [0.1, 0.15) is 25.7 Å². The van der Waals surface area contributed by atoms with Gasteiger partial charge in [0, 0.05) is 16.3 Å². The lowest BCUT2D eigenvalue weighted by Crippen LogP contribution is -2.23. The molecule has 0 unspecified atom stereocenters. The van der Waals surface area contributed by atoms with E-state index in [2.05, 4.69) is 4.72 Å². The maximum Gasteiger partial charge on any atom is 0.335 e. The molecule has 0 radical (unpaired) electrons. The third-order valence-electron chi connectivity index (χ3n) is 2.95. The first-order valence-corrected chi connectivity index (χ1v) is 8.48. The number of hydrogen-bond donors (Lipinski definition) is 2. The van der Waals surface area contributed by atoms with Gasteiger partial charge in [-0.2, -0.15) is 0 Å². The van der Waals surface area contributed by atoms with Crippen molar-refractivity contribution in [3.8, 4) is 0 Å². The maximum absolute atomic E-state index is 12.2.